The highest BCUT2D eigenvalue weighted by Crippen LogP contribution is 2.30. The van der Waals surface area contributed by atoms with Crippen LogP contribution in [0.15, 0.2) is 24.3 Å². The van der Waals surface area contributed by atoms with E-state index in [9.17, 15) is 17.4 Å². The molecular formula is C13H18F3NO2S. The number of benzene rings is 1. The van der Waals surface area contributed by atoms with Crippen LogP contribution in [0.1, 0.15) is 17.2 Å². The minimum Gasteiger partial charge on any atom is -0.384 e. The lowest BCUT2D eigenvalue weighted by Crippen LogP contribution is -2.24. The average molecular weight is 309 g/mol. The van der Waals surface area contributed by atoms with Gasteiger partial charge in [-0.1, -0.05) is 12.1 Å². The van der Waals surface area contributed by atoms with Gasteiger partial charge in [0.05, 0.1) is 12.2 Å². The molecule has 0 fully saturated rings. The number of nitrogens with one attached hydrogen (secondary N) is 1. The number of rotatable bonds is 7. The van der Waals surface area contributed by atoms with E-state index in [1.54, 1.807) is 13.1 Å². The van der Waals surface area contributed by atoms with Gasteiger partial charge < -0.3 is 10.1 Å². The molecule has 0 spiro atoms. The largest absolute Gasteiger partial charge is 0.416 e. The Labute approximate surface area is 119 Å². The first kappa shape index (κ1) is 17.1. The van der Waals surface area contributed by atoms with E-state index in [0.717, 1.165) is 12.1 Å². The van der Waals surface area contributed by atoms with E-state index in [2.05, 4.69) is 5.32 Å². The number of methoxy groups -OCH3 is 1. The second-order valence-electron chi connectivity index (χ2n) is 4.27. The van der Waals surface area contributed by atoms with E-state index in [0.29, 0.717) is 17.9 Å². The summed E-state index contributed by atoms with van der Waals surface area (Å²) in [6.45, 7) is 0.367. The topological polar surface area (TPSA) is 38.3 Å². The van der Waals surface area contributed by atoms with Gasteiger partial charge in [-0.05, 0) is 24.7 Å². The van der Waals surface area contributed by atoms with E-state index < -0.39 is 22.5 Å². The van der Waals surface area contributed by atoms with Crippen LogP contribution in [0.4, 0.5) is 13.2 Å². The summed E-state index contributed by atoms with van der Waals surface area (Å²) >= 11 is 0. The maximum Gasteiger partial charge on any atom is 0.416 e. The standard InChI is InChI=1S/C13H18F3NO2S/c1-17-12(9-20(18)7-6-19-2)10-4-3-5-11(8-10)13(14,15)16/h3-5,8,12,17H,6-7,9H2,1-2H3. The highest BCUT2D eigenvalue weighted by molar-refractivity contribution is 7.85. The molecule has 7 heteroatoms. The summed E-state index contributed by atoms with van der Waals surface area (Å²) in [5.74, 6) is 0.620. The zero-order chi connectivity index (χ0) is 15.2. The summed E-state index contributed by atoms with van der Waals surface area (Å²) < 4.78 is 54.6. The lowest BCUT2D eigenvalue weighted by molar-refractivity contribution is -0.137. The fraction of sp³-hybridized carbons (Fsp3) is 0.538. The third-order valence-electron chi connectivity index (χ3n) is 2.83. The van der Waals surface area contributed by atoms with Gasteiger partial charge in [0.25, 0.3) is 0 Å². The van der Waals surface area contributed by atoms with Crippen molar-refractivity contribution in [1.29, 1.82) is 0 Å². The van der Waals surface area contributed by atoms with E-state index in [4.69, 9.17) is 4.74 Å². The van der Waals surface area contributed by atoms with E-state index in [1.165, 1.54) is 13.2 Å². The molecule has 1 aromatic rings. The van der Waals surface area contributed by atoms with E-state index >= 15 is 0 Å². The Hall–Kier alpha value is -0.920. The van der Waals surface area contributed by atoms with Crippen LogP contribution in [0.2, 0.25) is 0 Å². The maximum atomic E-state index is 12.7. The summed E-state index contributed by atoms with van der Waals surface area (Å²) in [5.41, 5.74) is -0.217. The Balaban J connectivity index is 2.82. The third kappa shape index (κ3) is 5.22. The highest BCUT2D eigenvalue weighted by Gasteiger charge is 2.31. The molecule has 2 unspecified atom stereocenters. The molecule has 0 saturated carbocycles. The van der Waals surface area contributed by atoms with E-state index in [-0.39, 0.29) is 11.8 Å². The Kier molecular flexibility index (Phi) is 6.64. The van der Waals surface area contributed by atoms with Gasteiger partial charge in [-0.15, -0.1) is 0 Å². The van der Waals surface area contributed by atoms with Gasteiger partial charge in [0, 0.05) is 35.5 Å². The molecule has 3 nitrogen and oxygen atoms in total. The molecule has 0 aliphatic heterocycles. The van der Waals surface area contributed by atoms with Crippen molar-refractivity contribution in [3.63, 3.8) is 0 Å². The molecule has 1 N–H and O–H groups in total. The Morgan fingerprint density at radius 2 is 2.10 bits per heavy atom. The summed E-state index contributed by atoms with van der Waals surface area (Å²) in [6, 6.07) is 4.70. The van der Waals surface area contributed by atoms with Crippen LogP contribution >= 0.6 is 0 Å². The van der Waals surface area contributed by atoms with Crippen molar-refractivity contribution in [2.45, 2.75) is 12.2 Å². The highest BCUT2D eigenvalue weighted by atomic mass is 32.2. The van der Waals surface area contributed by atoms with Gasteiger partial charge in [0.15, 0.2) is 0 Å². The molecule has 1 aromatic carbocycles. The molecule has 0 aliphatic carbocycles. The van der Waals surface area contributed by atoms with Crippen molar-refractivity contribution in [2.24, 2.45) is 0 Å². The van der Waals surface area contributed by atoms with Gasteiger partial charge in [0.2, 0.25) is 0 Å². The predicted octanol–water partition coefficient (Wildman–Crippen LogP) is 2.36. The number of alkyl halides is 3. The molecule has 0 aromatic heterocycles. The maximum absolute atomic E-state index is 12.7. The second-order valence-corrected chi connectivity index (χ2v) is 5.89. The van der Waals surface area contributed by atoms with Crippen molar-refractivity contribution in [1.82, 2.24) is 5.32 Å². The van der Waals surface area contributed by atoms with Crippen LogP contribution in [-0.2, 0) is 21.7 Å². The smallest absolute Gasteiger partial charge is 0.384 e. The lowest BCUT2D eigenvalue weighted by Gasteiger charge is -2.18. The van der Waals surface area contributed by atoms with Gasteiger partial charge >= 0.3 is 6.18 Å². The van der Waals surface area contributed by atoms with Crippen molar-refractivity contribution < 1.29 is 22.1 Å². The van der Waals surface area contributed by atoms with Crippen LogP contribution in [0.5, 0.6) is 0 Å². The lowest BCUT2D eigenvalue weighted by atomic mass is 10.1. The van der Waals surface area contributed by atoms with Crippen LogP contribution in [-0.4, -0.2) is 36.5 Å². The molecule has 20 heavy (non-hydrogen) atoms. The Morgan fingerprint density at radius 1 is 1.40 bits per heavy atom. The van der Waals surface area contributed by atoms with Crippen LogP contribution in [0, 0.1) is 0 Å². The third-order valence-corrected chi connectivity index (χ3v) is 4.16. The first-order valence-electron chi connectivity index (χ1n) is 6.06. The fourth-order valence-corrected chi connectivity index (χ4v) is 2.97. The van der Waals surface area contributed by atoms with Crippen molar-refractivity contribution in [2.75, 3.05) is 32.3 Å². The zero-order valence-electron chi connectivity index (χ0n) is 11.4. The van der Waals surface area contributed by atoms with Gasteiger partial charge in [-0.2, -0.15) is 13.2 Å². The van der Waals surface area contributed by atoms with Crippen molar-refractivity contribution in [3.8, 4) is 0 Å². The summed E-state index contributed by atoms with van der Waals surface area (Å²) in [5, 5.41) is 2.90. The average Bonchev–Trinajstić information content (AvgIpc) is 2.41. The first-order chi connectivity index (χ1) is 9.38. The number of hydrogen-bond donors (Lipinski definition) is 1. The molecule has 0 saturated heterocycles. The van der Waals surface area contributed by atoms with Crippen molar-refractivity contribution >= 4 is 10.8 Å². The molecule has 0 radical (unpaired) electrons. The summed E-state index contributed by atoms with van der Waals surface area (Å²) in [6.07, 6.45) is -4.37. The first-order valence-corrected chi connectivity index (χ1v) is 7.55. The van der Waals surface area contributed by atoms with Crippen molar-refractivity contribution in [3.05, 3.63) is 35.4 Å². The van der Waals surface area contributed by atoms with Crippen LogP contribution < -0.4 is 5.32 Å². The molecular weight excluding hydrogens is 291 g/mol. The Bertz CT molecular complexity index is 451. The molecule has 0 amide bonds. The zero-order valence-corrected chi connectivity index (χ0v) is 12.2. The van der Waals surface area contributed by atoms with Gasteiger partial charge in [-0.3, -0.25) is 4.21 Å². The number of hydrogen-bond acceptors (Lipinski definition) is 3. The van der Waals surface area contributed by atoms with Gasteiger partial charge in [0.1, 0.15) is 0 Å². The molecule has 0 aliphatic rings. The van der Waals surface area contributed by atoms with Crippen LogP contribution in [0.25, 0.3) is 0 Å². The molecule has 114 valence electrons. The second kappa shape index (κ2) is 7.75. The number of ether oxygens (including phenoxy) is 1. The summed E-state index contributed by atoms with van der Waals surface area (Å²) in [4.78, 5) is 0. The molecule has 2 atom stereocenters. The summed E-state index contributed by atoms with van der Waals surface area (Å²) in [7, 11) is 2.00. The monoisotopic (exact) mass is 309 g/mol. The SMILES string of the molecule is CNC(CS(=O)CCOC)c1cccc(C(F)(F)F)c1. The molecule has 0 heterocycles. The molecule has 0 bridgehead atoms. The normalized spacial score (nSPS) is 15.1. The van der Waals surface area contributed by atoms with Gasteiger partial charge in [-0.25, -0.2) is 0 Å². The quantitative estimate of drug-likeness (QED) is 0.840. The molecule has 1 rings (SSSR count). The van der Waals surface area contributed by atoms with Crippen LogP contribution in [0.3, 0.4) is 0 Å². The number of halogens is 3. The fourth-order valence-electron chi connectivity index (χ4n) is 1.72. The van der Waals surface area contributed by atoms with E-state index in [1.807, 2.05) is 0 Å². The predicted molar refractivity (Wildman–Crippen MR) is 73.0 cm³/mol. The minimum atomic E-state index is -4.37. The minimum absolute atomic E-state index is 0.251. The Morgan fingerprint density at radius 3 is 2.65 bits per heavy atom.